The van der Waals surface area contributed by atoms with Crippen LogP contribution in [0.5, 0.6) is 0 Å². The molecule has 3 N–H and O–H groups in total. The molecule has 0 fully saturated rings. The van der Waals surface area contributed by atoms with Gasteiger partial charge in [-0.1, -0.05) is 13.8 Å². The van der Waals surface area contributed by atoms with E-state index in [9.17, 15) is 4.79 Å². The van der Waals surface area contributed by atoms with Crippen LogP contribution in [-0.2, 0) is 4.79 Å². The van der Waals surface area contributed by atoms with Crippen molar-refractivity contribution in [2.24, 2.45) is 11.7 Å². The molecule has 1 atom stereocenters. The molecule has 4 nitrogen and oxygen atoms in total. The molecule has 1 aromatic heterocycles. The fraction of sp³-hybridized carbons (Fsp3) is 0.400. The largest absolute Gasteiger partial charge is 0.323 e. The SMILES string of the molecule is CC(C)C(N)C(=O)Nc1ccc(Br)nc1. The number of amides is 1. The van der Waals surface area contributed by atoms with E-state index >= 15 is 0 Å². The highest BCUT2D eigenvalue weighted by Gasteiger charge is 2.16. The second-order valence-corrected chi connectivity index (χ2v) is 4.44. The number of carbonyl (C=O) groups excluding carboxylic acids is 1. The van der Waals surface area contributed by atoms with E-state index in [0.717, 1.165) is 4.60 Å². The lowest BCUT2D eigenvalue weighted by molar-refractivity contribution is -0.118. The third-order valence-corrected chi connectivity index (χ3v) is 2.48. The first-order chi connectivity index (χ1) is 7.00. The Kier molecular flexibility index (Phi) is 4.23. The molecule has 1 heterocycles. The van der Waals surface area contributed by atoms with E-state index in [1.54, 1.807) is 18.3 Å². The Labute approximate surface area is 97.4 Å². The fourth-order valence-corrected chi connectivity index (χ4v) is 1.21. The monoisotopic (exact) mass is 271 g/mol. The molecule has 1 rings (SSSR count). The highest BCUT2D eigenvalue weighted by Crippen LogP contribution is 2.11. The lowest BCUT2D eigenvalue weighted by atomic mass is 10.1. The van der Waals surface area contributed by atoms with Crippen molar-refractivity contribution in [3.63, 3.8) is 0 Å². The summed E-state index contributed by atoms with van der Waals surface area (Å²) in [6.45, 7) is 3.81. The van der Waals surface area contributed by atoms with Crippen molar-refractivity contribution in [1.82, 2.24) is 4.98 Å². The van der Waals surface area contributed by atoms with Crippen LogP contribution in [0.1, 0.15) is 13.8 Å². The number of nitrogens with zero attached hydrogens (tertiary/aromatic N) is 1. The minimum absolute atomic E-state index is 0.119. The summed E-state index contributed by atoms with van der Waals surface area (Å²) in [4.78, 5) is 15.6. The van der Waals surface area contributed by atoms with Crippen molar-refractivity contribution < 1.29 is 4.79 Å². The summed E-state index contributed by atoms with van der Waals surface area (Å²) in [5, 5.41) is 2.70. The molecule has 15 heavy (non-hydrogen) atoms. The Balaban J connectivity index is 2.62. The van der Waals surface area contributed by atoms with Crippen LogP contribution in [0, 0.1) is 5.92 Å². The van der Waals surface area contributed by atoms with Gasteiger partial charge in [0.25, 0.3) is 0 Å². The molecule has 1 aromatic rings. The van der Waals surface area contributed by atoms with Gasteiger partial charge in [-0.15, -0.1) is 0 Å². The number of hydrogen-bond donors (Lipinski definition) is 2. The molecule has 0 aliphatic rings. The van der Waals surface area contributed by atoms with E-state index in [-0.39, 0.29) is 11.8 Å². The minimum Gasteiger partial charge on any atom is -0.323 e. The predicted octanol–water partition coefficient (Wildman–Crippen LogP) is 1.77. The van der Waals surface area contributed by atoms with Gasteiger partial charge in [-0.2, -0.15) is 0 Å². The third-order valence-electron chi connectivity index (χ3n) is 2.02. The number of nitrogens with one attached hydrogen (secondary N) is 1. The molecule has 0 aliphatic carbocycles. The normalized spacial score (nSPS) is 12.6. The molecule has 82 valence electrons. The van der Waals surface area contributed by atoms with Crippen LogP contribution in [0.15, 0.2) is 22.9 Å². The van der Waals surface area contributed by atoms with Crippen molar-refractivity contribution in [1.29, 1.82) is 0 Å². The molecule has 0 aliphatic heterocycles. The van der Waals surface area contributed by atoms with Gasteiger partial charge < -0.3 is 11.1 Å². The van der Waals surface area contributed by atoms with Crippen LogP contribution in [0.4, 0.5) is 5.69 Å². The second kappa shape index (κ2) is 5.23. The minimum atomic E-state index is -0.492. The van der Waals surface area contributed by atoms with Crippen molar-refractivity contribution >= 4 is 27.5 Å². The lowest BCUT2D eigenvalue weighted by Crippen LogP contribution is -2.39. The number of anilines is 1. The van der Waals surface area contributed by atoms with Gasteiger partial charge in [0, 0.05) is 0 Å². The smallest absolute Gasteiger partial charge is 0.241 e. The Morgan fingerprint density at radius 1 is 1.53 bits per heavy atom. The summed E-state index contributed by atoms with van der Waals surface area (Å²) >= 11 is 3.22. The fourth-order valence-electron chi connectivity index (χ4n) is 0.978. The Bertz CT molecular complexity index is 337. The van der Waals surface area contributed by atoms with E-state index in [1.807, 2.05) is 13.8 Å². The van der Waals surface area contributed by atoms with E-state index in [1.165, 1.54) is 0 Å². The van der Waals surface area contributed by atoms with Crippen molar-refractivity contribution in [2.75, 3.05) is 5.32 Å². The molecule has 1 unspecified atom stereocenters. The molecule has 5 heteroatoms. The topological polar surface area (TPSA) is 68.0 Å². The van der Waals surface area contributed by atoms with E-state index < -0.39 is 6.04 Å². The van der Waals surface area contributed by atoms with Gasteiger partial charge in [0.15, 0.2) is 0 Å². The second-order valence-electron chi connectivity index (χ2n) is 3.63. The molecule has 1 amide bonds. The number of pyridine rings is 1. The van der Waals surface area contributed by atoms with Gasteiger partial charge in [-0.05, 0) is 34.0 Å². The van der Waals surface area contributed by atoms with Crippen LogP contribution in [0.3, 0.4) is 0 Å². The van der Waals surface area contributed by atoms with Gasteiger partial charge in [0.2, 0.25) is 5.91 Å². The molecule has 0 spiro atoms. The molecule has 0 radical (unpaired) electrons. The van der Waals surface area contributed by atoms with E-state index in [4.69, 9.17) is 5.73 Å². The lowest BCUT2D eigenvalue weighted by Gasteiger charge is -2.14. The van der Waals surface area contributed by atoms with E-state index in [2.05, 4.69) is 26.2 Å². The first-order valence-corrected chi connectivity index (χ1v) is 5.48. The quantitative estimate of drug-likeness (QED) is 0.824. The molecular formula is C10H14BrN3O. The highest BCUT2D eigenvalue weighted by molar-refractivity contribution is 9.10. The van der Waals surface area contributed by atoms with Crippen molar-refractivity contribution in [3.8, 4) is 0 Å². The van der Waals surface area contributed by atoms with E-state index in [0.29, 0.717) is 5.69 Å². The number of aromatic nitrogens is 1. The summed E-state index contributed by atoms with van der Waals surface area (Å²) in [6, 6.07) is 3.03. The molecular weight excluding hydrogens is 258 g/mol. The number of nitrogens with two attached hydrogens (primary N) is 1. The zero-order valence-corrected chi connectivity index (χ0v) is 10.3. The van der Waals surface area contributed by atoms with Crippen LogP contribution in [0.25, 0.3) is 0 Å². The van der Waals surface area contributed by atoms with Crippen LogP contribution in [0.2, 0.25) is 0 Å². The summed E-state index contributed by atoms with van der Waals surface area (Å²) in [7, 11) is 0. The maximum atomic E-state index is 11.6. The Morgan fingerprint density at radius 2 is 2.20 bits per heavy atom. The zero-order chi connectivity index (χ0) is 11.4. The van der Waals surface area contributed by atoms with Crippen molar-refractivity contribution in [2.45, 2.75) is 19.9 Å². The molecule has 0 bridgehead atoms. The van der Waals surface area contributed by atoms with Gasteiger partial charge >= 0.3 is 0 Å². The van der Waals surface area contributed by atoms with Crippen LogP contribution < -0.4 is 11.1 Å². The number of halogens is 1. The number of rotatable bonds is 3. The Hall–Kier alpha value is -0.940. The van der Waals surface area contributed by atoms with Gasteiger partial charge in [0.05, 0.1) is 17.9 Å². The van der Waals surface area contributed by atoms with Gasteiger partial charge in [-0.3, -0.25) is 4.79 Å². The summed E-state index contributed by atoms with van der Waals surface area (Å²) in [5.74, 6) is -0.0671. The highest BCUT2D eigenvalue weighted by atomic mass is 79.9. The average molecular weight is 272 g/mol. The average Bonchev–Trinajstić information content (AvgIpc) is 2.20. The van der Waals surface area contributed by atoms with Crippen molar-refractivity contribution in [3.05, 3.63) is 22.9 Å². The molecule has 0 saturated carbocycles. The summed E-state index contributed by atoms with van der Waals surface area (Å²) in [5.41, 5.74) is 6.35. The summed E-state index contributed by atoms with van der Waals surface area (Å²) in [6.07, 6.45) is 1.58. The maximum Gasteiger partial charge on any atom is 0.241 e. The standard InChI is InChI=1S/C10H14BrN3O/c1-6(2)9(12)10(15)14-7-3-4-8(11)13-5-7/h3-6,9H,12H2,1-2H3,(H,14,15). The third kappa shape index (κ3) is 3.60. The maximum absolute atomic E-state index is 11.6. The molecule has 0 aromatic carbocycles. The number of hydrogen-bond acceptors (Lipinski definition) is 3. The summed E-state index contributed by atoms with van der Waals surface area (Å²) < 4.78 is 0.730. The van der Waals surface area contributed by atoms with Gasteiger partial charge in [-0.25, -0.2) is 4.98 Å². The van der Waals surface area contributed by atoms with Crippen LogP contribution in [-0.4, -0.2) is 16.9 Å². The number of carbonyl (C=O) groups is 1. The predicted molar refractivity (Wildman–Crippen MR) is 63.4 cm³/mol. The van der Waals surface area contributed by atoms with Gasteiger partial charge in [0.1, 0.15) is 4.60 Å². The molecule has 0 saturated heterocycles. The first-order valence-electron chi connectivity index (χ1n) is 4.68. The first kappa shape index (κ1) is 12.1. The Morgan fingerprint density at radius 3 is 2.67 bits per heavy atom. The zero-order valence-electron chi connectivity index (χ0n) is 8.70. The van der Waals surface area contributed by atoms with Crippen LogP contribution >= 0.6 is 15.9 Å².